The minimum absolute atomic E-state index is 0.00787. The summed E-state index contributed by atoms with van der Waals surface area (Å²) in [5.74, 6) is -0.813. The van der Waals surface area contributed by atoms with Crippen molar-refractivity contribution >= 4 is 22.8 Å². The van der Waals surface area contributed by atoms with Crippen molar-refractivity contribution in [3.8, 4) is 11.3 Å². The number of nitrogens with zero attached hydrogens (tertiary/aromatic N) is 2. The summed E-state index contributed by atoms with van der Waals surface area (Å²) in [4.78, 5) is 16.4. The van der Waals surface area contributed by atoms with E-state index in [-0.39, 0.29) is 29.0 Å². The third kappa shape index (κ3) is 3.96. The number of aromatic nitrogens is 2. The first-order valence-electron chi connectivity index (χ1n) is 8.68. The number of carbonyl (C=O) groups is 1. The molecule has 0 aliphatic heterocycles. The van der Waals surface area contributed by atoms with Gasteiger partial charge in [-0.1, -0.05) is 65.8 Å². The molecule has 1 amide bonds. The maximum absolute atomic E-state index is 13.7. The summed E-state index contributed by atoms with van der Waals surface area (Å²) >= 11 is 0. The molecule has 5 nitrogen and oxygen atoms in total. The molecule has 0 radical (unpaired) electrons. The van der Waals surface area contributed by atoms with Crippen LogP contribution in [0.4, 0.5) is 19.0 Å². The molecule has 0 atom stereocenters. The zero-order valence-corrected chi connectivity index (χ0v) is 14.9. The molecule has 2 heterocycles. The van der Waals surface area contributed by atoms with Crippen LogP contribution < -0.4 is 5.32 Å². The zero-order valence-electron chi connectivity index (χ0n) is 14.9. The van der Waals surface area contributed by atoms with Crippen molar-refractivity contribution in [3.05, 3.63) is 77.9 Å². The molecule has 0 bridgehead atoms. The summed E-state index contributed by atoms with van der Waals surface area (Å²) in [5.41, 5.74) is 0.0549. The van der Waals surface area contributed by atoms with Crippen molar-refractivity contribution < 1.29 is 22.5 Å². The minimum Gasteiger partial charge on any atom is -0.334 e. The molecule has 2 aromatic carbocycles. The van der Waals surface area contributed by atoms with Gasteiger partial charge in [0.15, 0.2) is 5.82 Å². The SMILES string of the molecule is O=C(Cc1ccccc1)Nc1noc2nc(-c3ccccc3)cc(C(F)(F)F)c12. The monoisotopic (exact) mass is 397 g/mol. The summed E-state index contributed by atoms with van der Waals surface area (Å²) in [6, 6.07) is 18.2. The lowest BCUT2D eigenvalue weighted by molar-refractivity contribution is -0.136. The first-order valence-corrected chi connectivity index (χ1v) is 8.68. The number of halogens is 3. The average molecular weight is 397 g/mol. The number of nitrogens with one attached hydrogen (secondary N) is 1. The third-order valence-electron chi connectivity index (χ3n) is 4.29. The summed E-state index contributed by atoms with van der Waals surface area (Å²) in [5, 5.41) is 5.64. The van der Waals surface area contributed by atoms with E-state index in [0.717, 1.165) is 11.6 Å². The fraction of sp³-hybridized carbons (Fsp3) is 0.0952. The second kappa shape index (κ2) is 7.38. The van der Waals surface area contributed by atoms with Crippen LogP contribution in [0.25, 0.3) is 22.4 Å². The predicted molar refractivity (Wildman–Crippen MR) is 101 cm³/mol. The predicted octanol–water partition coefficient (Wildman–Crippen LogP) is 5.09. The lowest BCUT2D eigenvalue weighted by Gasteiger charge is -2.11. The lowest BCUT2D eigenvalue weighted by Crippen LogP contribution is -2.16. The molecule has 0 unspecified atom stereocenters. The second-order valence-electron chi connectivity index (χ2n) is 6.34. The van der Waals surface area contributed by atoms with Gasteiger partial charge in [-0.15, -0.1) is 0 Å². The minimum atomic E-state index is -4.69. The molecular weight excluding hydrogens is 383 g/mol. The van der Waals surface area contributed by atoms with Gasteiger partial charge in [-0.3, -0.25) is 4.79 Å². The number of anilines is 1. The first kappa shape index (κ1) is 18.7. The van der Waals surface area contributed by atoms with Crippen molar-refractivity contribution in [1.29, 1.82) is 0 Å². The van der Waals surface area contributed by atoms with Gasteiger partial charge < -0.3 is 9.84 Å². The van der Waals surface area contributed by atoms with Gasteiger partial charge in [0.1, 0.15) is 0 Å². The fourth-order valence-corrected chi connectivity index (χ4v) is 2.97. The number of amides is 1. The maximum atomic E-state index is 13.7. The molecule has 8 heteroatoms. The molecule has 2 aromatic heterocycles. The Kier molecular flexibility index (Phi) is 4.75. The van der Waals surface area contributed by atoms with Crippen molar-refractivity contribution in [3.63, 3.8) is 0 Å². The highest BCUT2D eigenvalue weighted by molar-refractivity contribution is 6.00. The second-order valence-corrected chi connectivity index (χ2v) is 6.34. The smallest absolute Gasteiger partial charge is 0.334 e. The molecule has 0 aliphatic rings. The Morgan fingerprint density at radius 3 is 2.31 bits per heavy atom. The highest BCUT2D eigenvalue weighted by Crippen LogP contribution is 2.39. The van der Waals surface area contributed by atoms with Crippen LogP contribution in [-0.2, 0) is 17.4 Å². The topological polar surface area (TPSA) is 68.0 Å². The molecule has 146 valence electrons. The van der Waals surface area contributed by atoms with Gasteiger partial charge >= 0.3 is 6.18 Å². The summed E-state index contributed by atoms with van der Waals surface area (Å²) in [7, 11) is 0. The van der Waals surface area contributed by atoms with Crippen LogP contribution in [0, 0.1) is 0 Å². The summed E-state index contributed by atoms with van der Waals surface area (Å²) in [6.07, 6.45) is -4.69. The molecule has 4 rings (SSSR count). The molecule has 4 aromatic rings. The molecule has 0 aliphatic carbocycles. The number of alkyl halides is 3. The molecular formula is C21H14F3N3O2. The van der Waals surface area contributed by atoms with Crippen LogP contribution in [0.5, 0.6) is 0 Å². The van der Waals surface area contributed by atoms with E-state index in [4.69, 9.17) is 4.52 Å². The molecule has 29 heavy (non-hydrogen) atoms. The molecule has 0 spiro atoms. The number of hydrogen-bond acceptors (Lipinski definition) is 4. The van der Waals surface area contributed by atoms with E-state index in [2.05, 4.69) is 15.5 Å². The Bertz CT molecular complexity index is 1160. The van der Waals surface area contributed by atoms with Crippen LogP contribution in [0.2, 0.25) is 0 Å². The van der Waals surface area contributed by atoms with Crippen LogP contribution in [0.3, 0.4) is 0 Å². The van der Waals surface area contributed by atoms with Crippen molar-refractivity contribution in [2.45, 2.75) is 12.6 Å². The number of pyridine rings is 1. The van der Waals surface area contributed by atoms with Crippen LogP contribution in [-0.4, -0.2) is 16.0 Å². The van der Waals surface area contributed by atoms with Crippen molar-refractivity contribution in [2.75, 3.05) is 5.32 Å². The van der Waals surface area contributed by atoms with Gasteiger partial charge in [0.2, 0.25) is 5.91 Å². The van der Waals surface area contributed by atoms with E-state index in [1.54, 1.807) is 60.7 Å². The van der Waals surface area contributed by atoms with Crippen molar-refractivity contribution in [1.82, 2.24) is 10.1 Å². The van der Waals surface area contributed by atoms with Gasteiger partial charge in [-0.2, -0.15) is 13.2 Å². The van der Waals surface area contributed by atoms with E-state index in [1.165, 1.54) is 0 Å². The Labute approximate surface area is 163 Å². The standard InChI is InChI=1S/C21H14F3N3O2/c22-21(23,24)15-12-16(14-9-5-2-6-10-14)25-20-18(15)19(27-29-20)26-17(28)11-13-7-3-1-4-8-13/h1-10,12H,11H2,(H,26,27,28). The number of hydrogen-bond donors (Lipinski definition) is 1. The highest BCUT2D eigenvalue weighted by Gasteiger charge is 2.36. The van der Waals surface area contributed by atoms with Gasteiger partial charge in [0, 0.05) is 5.56 Å². The number of carbonyl (C=O) groups excluding carboxylic acids is 1. The molecule has 0 saturated carbocycles. The Balaban J connectivity index is 1.73. The van der Waals surface area contributed by atoms with E-state index in [9.17, 15) is 18.0 Å². The number of fused-ring (bicyclic) bond motifs is 1. The highest BCUT2D eigenvalue weighted by atomic mass is 19.4. The van der Waals surface area contributed by atoms with E-state index >= 15 is 0 Å². The quantitative estimate of drug-likeness (QED) is 0.521. The molecule has 0 saturated heterocycles. The van der Waals surface area contributed by atoms with Gasteiger partial charge in [0.05, 0.1) is 23.1 Å². The van der Waals surface area contributed by atoms with E-state index in [1.807, 2.05) is 0 Å². The zero-order chi connectivity index (χ0) is 20.4. The van der Waals surface area contributed by atoms with E-state index < -0.39 is 17.6 Å². The van der Waals surface area contributed by atoms with Crippen molar-refractivity contribution in [2.24, 2.45) is 0 Å². The van der Waals surface area contributed by atoms with Crippen LogP contribution >= 0.6 is 0 Å². The largest absolute Gasteiger partial charge is 0.417 e. The van der Waals surface area contributed by atoms with Crippen LogP contribution in [0.15, 0.2) is 71.3 Å². The van der Waals surface area contributed by atoms with Gasteiger partial charge in [-0.25, -0.2) is 4.98 Å². The first-order chi connectivity index (χ1) is 13.9. The van der Waals surface area contributed by atoms with Gasteiger partial charge in [-0.05, 0) is 11.6 Å². The number of benzene rings is 2. The Morgan fingerprint density at radius 2 is 1.66 bits per heavy atom. The Morgan fingerprint density at radius 1 is 1.00 bits per heavy atom. The summed E-state index contributed by atoms with van der Waals surface area (Å²) in [6.45, 7) is 0. The number of rotatable bonds is 4. The third-order valence-corrected chi connectivity index (χ3v) is 4.29. The normalized spacial score (nSPS) is 11.6. The van der Waals surface area contributed by atoms with Crippen LogP contribution in [0.1, 0.15) is 11.1 Å². The average Bonchev–Trinajstić information content (AvgIpc) is 3.10. The van der Waals surface area contributed by atoms with E-state index in [0.29, 0.717) is 5.56 Å². The van der Waals surface area contributed by atoms with Gasteiger partial charge in [0.25, 0.3) is 5.71 Å². The molecule has 0 fully saturated rings. The maximum Gasteiger partial charge on any atom is 0.417 e. The Hall–Kier alpha value is -3.68. The lowest BCUT2D eigenvalue weighted by atomic mass is 10.1. The summed E-state index contributed by atoms with van der Waals surface area (Å²) < 4.78 is 46.3. The molecule has 1 N–H and O–H groups in total. The fourth-order valence-electron chi connectivity index (χ4n) is 2.97.